The number of ether oxygens (including phenoxy) is 1. The Balaban J connectivity index is 1.66. The number of anilines is 1. The lowest BCUT2D eigenvalue weighted by molar-refractivity contribution is -0.137. The number of methoxy groups -OCH3 is 1. The summed E-state index contributed by atoms with van der Waals surface area (Å²) in [5, 5.41) is 0. The first kappa shape index (κ1) is 19.3. The summed E-state index contributed by atoms with van der Waals surface area (Å²) in [5.74, 6) is 0.719. The Labute approximate surface area is 167 Å². The number of thiazole rings is 1. The van der Waals surface area contributed by atoms with Crippen molar-refractivity contribution in [1.82, 2.24) is 4.57 Å². The Morgan fingerprint density at radius 1 is 1.17 bits per heavy atom. The van der Waals surface area contributed by atoms with Crippen molar-refractivity contribution in [1.29, 1.82) is 0 Å². The smallest absolute Gasteiger partial charge is 0.416 e. The molecular weight excluding hydrogens is 403 g/mol. The molecule has 0 unspecified atom stereocenters. The van der Waals surface area contributed by atoms with Crippen LogP contribution in [0.15, 0.2) is 58.3 Å². The fourth-order valence-electron chi connectivity index (χ4n) is 3.01. The molecule has 5 nitrogen and oxygen atoms in total. The molecule has 2 aromatic carbocycles. The molecule has 4 rings (SSSR count). The van der Waals surface area contributed by atoms with Gasteiger partial charge in [-0.15, -0.1) is 0 Å². The molecule has 150 valence electrons. The van der Waals surface area contributed by atoms with Crippen LogP contribution in [-0.4, -0.2) is 18.3 Å². The third-order valence-corrected chi connectivity index (χ3v) is 5.57. The number of halogens is 3. The number of benzene rings is 2. The van der Waals surface area contributed by atoms with Gasteiger partial charge in [0, 0.05) is 5.69 Å². The third kappa shape index (κ3) is 3.91. The van der Waals surface area contributed by atoms with Crippen molar-refractivity contribution in [2.75, 3.05) is 18.7 Å². The Bertz CT molecular complexity index is 1210. The van der Waals surface area contributed by atoms with Crippen molar-refractivity contribution >= 4 is 23.1 Å². The van der Waals surface area contributed by atoms with Crippen LogP contribution in [0.2, 0.25) is 0 Å². The van der Waals surface area contributed by atoms with E-state index in [1.165, 1.54) is 22.0 Å². The summed E-state index contributed by atoms with van der Waals surface area (Å²) >= 11 is 1.26. The summed E-state index contributed by atoms with van der Waals surface area (Å²) < 4.78 is 46.1. The minimum absolute atomic E-state index is 0.145. The van der Waals surface area contributed by atoms with Gasteiger partial charge < -0.3 is 9.64 Å². The van der Waals surface area contributed by atoms with Crippen molar-refractivity contribution in [3.05, 3.63) is 79.3 Å². The van der Waals surface area contributed by atoms with Crippen LogP contribution in [0.5, 0.6) is 5.75 Å². The molecule has 0 radical (unpaired) electrons. The predicted molar refractivity (Wildman–Crippen MR) is 105 cm³/mol. The molecule has 3 aromatic rings. The van der Waals surface area contributed by atoms with Crippen molar-refractivity contribution in [2.24, 2.45) is 4.99 Å². The Morgan fingerprint density at radius 3 is 2.62 bits per heavy atom. The number of alkyl halides is 3. The summed E-state index contributed by atoms with van der Waals surface area (Å²) in [4.78, 5) is 19.4. The fourth-order valence-corrected chi connectivity index (χ4v) is 3.97. The zero-order valence-electron chi connectivity index (χ0n) is 15.3. The van der Waals surface area contributed by atoms with E-state index in [1.807, 2.05) is 12.1 Å². The lowest BCUT2D eigenvalue weighted by Crippen LogP contribution is -2.42. The summed E-state index contributed by atoms with van der Waals surface area (Å²) in [6.07, 6.45) is -2.66. The zero-order valence-corrected chi connectivity index (χ0v) is 16.1. The highest BCUT2D eigenvalue weighted by atomic mass is 32.1. The van der Waals surface area contributed by atoms with Crippen molar-refractivity contribution in [3.8, 4) is 5.75 Å². The van der Waals surface area contributed by atoms with Gasteiger partial charge in [0.2, 0.25) is 0 Å². The van der Waals surface area contributed by atoms with Crippen LogP contribution < -0.4 is 24.5 Å². The number of aromatic nitrogens is 1. The molecule has 29 heavy (non-hydrogen) atoms. The molecule has 0 atom stereocenters. The first-order chi connectivity index (χ1) is 13.8. The van der Waals surface area contributed by atoms with Crippen molar-refractivity contribution in [2.45, 2.75) is 12.8 Å². The van der Waals surface area contributed by atoms with E-state index in [2.05, 4.69) is 4.99 Å². The molecule has 1 aliphatic heterocycles. The number of rotatable bonds is 3. The predicted octanol–water partition coefficient (Wildman–Crippen LogP) is 2.82. The van der Waals surface area contributed by atoms with Crippen molar-refractivity contribution < 1.29 is 17.9 Å². The number of hydrogen-bond acceptors (Lipinski definition) is 5. The maximum Gasteiger partial charge on any atom is 0.416 e. The van der Waals surface area contributed by atoms with E-state index in [9.17, 15) is 18.0 Å². The molecule has 2 heterocycles. The molecule has 0 amide bonds. The van der Waals surface area contributed by atoms with Gasteiger partial charge in [-0.25, -0.2) is 4.99 Å². The topological polar surface area (TPSA) is 46.8 Å². The van der Waals surface area contributed by atoms with Gasteiger partial charge in [-0.05, 0) is 42.0 Å². The minimum atomic E-state index is -4.42. The molecule has 0 N–H and O–H groups in total. The highest BCUT2D eigenvalue weighted by molar-refractivity contribution is 7.07. The van der Waals surface area contributed by atoms with E-state index < -0.39 is 11.7 Å². The van der Waals surface area contributed by atoms with E-state index >= 15 is 0 Å². The molecule has 1 aromatic heterocycles. The van der Waals surface area contributed by atoms with E-state index in [-0.39, 0.29) is 18.9 Å². The molecular formula is C20H16F3N3O2S. The van der Waals surface area contributed by atoms with Gasteiger partial charge >= 0.3 is 6.18 Å². The molecule has 0 spiro atoms. The van der Waals surface area contributed by atoms with E-state index in [1.54, 1.807) is 36.3 Å². The van der Waals surface area contributed by atoms with Gasteiger partial charge in [-0.3, -0.25) is 9.36 Å². The second-order valence-electron chi connectivity index (χ2n) is 6.43. The molecule has 0 saturated heterocycles. The minimum Gasteiger partial charge on any atom is -0.497 e. The van der Waals surface area contributed by atoms with Crippen LogP contribution in [-0.2, 0) is 12.8 Å². The van der Waals surface area contributed by atoms with Crippen LogP contribution in [0.4, 0.5) is 18.9 Å². The Hall–Kier alpha value is -3.07. The van der Waals surface area contributed by atoms with Gasteiger partial charge in [0.05, 0.1) is 17.2 Å². The zero-order chi connectivity index (χ0) is 20.6. The number of hydrogen-bond donors (Lipinski definition) is 0. The Kier molecular flexibility index (Phi) is 4.91. The molecule has 0 fully saturated rings. The molecule has 0 bridgehead atoms. The number of nitrogens with zero attached hydrogens (tertiary/aromatic N) is 3. The van der Waals surface area contributed by atoms with Crippen LogP contribution in [0.25, 0.3) is 6.08 Å². The van der Waals surface area contributed by atoms with Gasteiger partial charge in [0.15, 0.2) is 4.80 Å². The summed E-state index contributed by atoms with van der Waals surface area (Å²) in [6.45, 7) is 0.329. The van der Waals surface area contributed by atoms with E-state index in [0.29, 0.717) is 15.0 Å². The normalized spacial score (nSPS) is 14.5. The second-order valence-corrected chi connectivity index (χ2v) is 7.44. The lowest BCUT2D eigenvalue weighted by Gasteiger charge is -2.26. The van der Waals surface area contributed by atoms with Crippen LogP contribution in [0, 0.1) is 0 Å². The van der Waals surface area contributed by atoms with Gasteiger partial charge in [-0.1, -0.05) is 29.5 Å². The first-order valence-corrected chi connectivity index (χ1v) is 9.49. The van der Waals surface area contributed by atoms with Gasteiger partial charge in [-0.2, -0.15) is 13.2 Å². The standard InChI is InChI=1S/C20H16F3N3O2S/c1-28-16-7-5-13(6-8-16)9-17-18(27)26-12-25(11-24-19(26)29-17)15-4-2-3-14(10-15)20(21,22)23/h2-10H,11-12H2,1H3. The highest BCUT2D eigenvalue weighted by Gasteiger charge is 2.31. The quantitative estimate of drug-likeness (QED) is 0.656. The lowest BCUT2D eigenvalue weighted by atomic mass is 10.2. The molecule has 1 aliphatic rings. The summed E-state index contributed by atoms with van der Waals surface area (Å²) in [7, 11) is 1.58. The monoisotopic (exact) mass is 419 g/mol. The average Bonchev–Trinajstić information content (AvgIpc) is 3.03. The maximum atomic E-state index is 13.0. The first-order valence-electron chi connectivity index (χ1n) is 8.67. The van der Waals surface area contributed by atoms with Gasteiger partial charge in [0.25, 0.3) is 5.56 Å². The summed E-state index contributed by atoms with van der Waals surface area (Å²) in [5.41, 5.74) is 0.262. The van der Waals surface area contributed by atoms with Crippen LogP contribution in [0.1, 0.15) is 11.1 Å². The largest absolute Gasteiger partial charge is 0.497 e. The van der Waals surface area contributed by atoms with Crippen molar-refractivity contribution in [3.63, 3.8) is 0 Å². The Morgan fingerprint density at radius 2 is 1.93 bits per heavy atom. The van der Waals surface area contributed by atoms with Crippen LogP contribution in [0.3, 0.4) is 0 Å². The van der Waals surface area contributed by atoms with Gasteiger partial charge in [0.1, 0.15) is 19.1 Å². The summed E-state index contributed by atoms with van der Waals surface area (Å²) in [6, 6.07) is 12.3. The maximum absolute atomic E-state index is 13.0. The number of fused-ring (bicyclic) bond motifs is 1. The fraction of sp³-hybridized carbons (Fsp3) is 0.200. The van der Waals surface area contributed by atoms with E-state index in [0.717, 1.165) is 23.4 Å². The highest BCUT2D eigenvalue weighted by Crippen LogP contribution is 2.31. The van der Waals surface area contributed by atoms with Crippen LogP contribution >= 0.6 is 11.3 Å². The molecule has 9 heteroatoms. The third-order valence-electron chi connectivity index (χ3n) is 4.53. The SMILES string of the molecule is COc1ccc(C=c2sc3n(c2=O)CN(c2cccc(C(F)(F)F)c2)CN=3)cc1. The molecule has 0 saturated carbocycles. The second kappa shape index (κ2) is 7.40. The average molecular weight is 419 g/mol. The van der Waals surface area contributed by atoms with E-state index in [4.69, 9.17) is 4.74 Å². The molecule has 0 aliphatic carbocycles.